The number of amides is 1. The number of hydrogen-bond donors (Lipinski definition) is 0. The zero-order valence-corrected chi connectivity index (χ0v) is 20.3. The number of benzene rings is 1. The van der Waals surface area contributed by atoms with E-state index < -0.39 is 0 Å². The molecule has 2 heterocycles. The van der Waals surface area contributed by atoms with Crippen molar-refractivity contribution in [1.82, 2.24) is 19.8 Å². The fraction of sp³-hybridized carbons (Fsp3) is 0.560. The Labute approximate surface area is 196 Å². The van der Waals surface area contributed by atoms with Crippen LogP contribution in [0.15, 0.2) is 30.6 Å². The van der Waals surface area contributed by atoms with Gasteiger partial charge in [-0.3, -0.25) is 9.69 Å². The summed E-state index contributed by atoms with van der Waals surface area (Å²) in [5, 5.41) is 0.718. The van der Waals surface area contributed by atoms with Gasteiger partial charge in [-0.2, -0.15) is 0 Å². The van der Waals surface area contributed by atoms with Gasteiger partial charge in [0.05, 0.1) is 6.04 Å². The molecule has 0 spiro atoms. The largest absolute Gasteiger partial charge is 0.353 e. The number of piperazine rings is 1. The summed E-state index contributed by atoms with van der Waals surface area (Å²) in [5.74, 6) is 1.78. The number of nitrogens with zero attached hydrogens (tertiary/aromatic N) is 5. The second-order valence-electron chi connectivity index (χ2n) is 9.42. The van der Waals surface area contributed by atoms with Crippen molar-refractivity contribution in [2.75, 3.05) is 38.1 Å². The molecule has 172 valence electrons. The van der Waals surface area contributed by atoms with Crippen molar-refractivity contribution in [3.8, 4) is 0 Å². The minimum Gasteiger partial charge on any atom is -0.353 e. The number of carbonyl (C=O) groups is 1. The molecule has 1 amide bonds. The summed E-state index contributed by atoms with van der Waals surface area (Å²) < 4.78 is 0. The van der Waals surface area contributed by atoms with E-state index in [0.29, 0.717) is 12.3 Å². The van der Waals surface area contributed by atoms with Gasteiger partial charge in [0, 0.05) is 48.5 Å². The molecule has 1 saturated heterocycles. The first-order valence-corrected chi connectivity index (χ1v) is 12.1. The molecule has 6 nitrogen and oxygen atoms in total. The van der Waals surface area contributed by atoms with E-state index in [1.807, 2.05) is 36.2 Å². The first kappa shape index (κ1) is 23.0. The van der Waals surface area contributed by atoms with Crippen molar-refractivity contribution in [3.05, 3.63) is 52.4 Å². The van der Waals surface area contributed by atoms with Gasteiger partial charge in [0.1, 0.15) is 12.1 Å². The van der Waals surface area contributed by atoms with Crippen molar-refractivity contribution in [1.29, 1.82) is 0 Å². The highest BCUT2D eigenvalue weighted by Crippen LogP contribution is 2.37. The summed E-state index contributed by atoms with van der Waals surface area (Å²) in [6, 6.07) is 7.92. The summed E-state index contributed by atoms with van der Waals surface area (Å²) in [5.41, 5.74) is 3.64. The molecular weight excluding hydrogens is 422 g/mol. The number of hydrogen-bond acceptors (Lipinski definition) is 5. The average Bonchev–Trinajstić information content (AvgIpc) is 3.19. The maximum atomic E-state index is 13.6. The van der Waals surface area contributed by atoms with E-state index in [1.54, 1.807) is 6.33 Å². The first-order chi connectivity index (χ1) is 15.3. The van der Waals surface area contributed by atoms with Crippen LogP contribution >= 0.6 is 11.6 Å². The van der Waals surface area contributed by atoms with Crippen LogP contribution in [0.25, 0.3) is 0 Å². The molecule has 0 bridgehead atoms. The minimum absolute atomic E-state index is 0.189. The van der Waals surface area contributed by atoms with Gasteiger partial charge in [-0.1, -0.05) is 30.7 Å². The average molecular weight is 456 g/mol. The lowest BCUT2D eigenvalue weighted by atomic mass is 10.0. The van der Waals surface area contributed by atoms with Crippen LogP contribution in [0.4, 0.5) is 5.82 Å². The number of rotatable bonds is 6. The van der Waals surface area contributed by atoms with Gasteiger partial charge in [-0.15, -0.1) is 0 Å². The van der Waals surface area contributed by atoms with Crippen LogP contribution in [0.2, 0.25) is 5.02 Å². The number of halogens is 1. The van der Waals surface area contributed by atoms with E-state index in [-0.39, 0.29) is 18.0 Å². The van der Waals surface area contributed by atoms with E-state index in [2.05, 4.69) is 40.5 Å². The fourth-order valence-electron chi connectivity index (χ4n) is 4.83. The molecule has 1 aromatic heterocycles. The van der Waals surface area contributed by atoms with Gasteiger partial charge >= 0.3 is 0 Å². The van der Waals surface area contributed by atoms with Crippen LogP contribution < -0.4 is 4.90 Å². The second kappa shape index (κ2) is 9.75. The SMILES string of the molecule is CC(C)N(C)[C@H](Cc1ccc(Cl)cc1)C(=O)N1CCN(c2ncnc3c2[C@H](C)CC3)CC1. The Hall–Kier alpha value is -2.18. The van der Waals surface area contributed by atoms with Crippen molar-refractivity contribution >= 4 is 23.3 Å². The van der Waals surface area contributed by atoms with Crippen molar-refractivity contribution in [2.24, 2.45) is 0 Å². The quantitative estimate of drug-likeness (QED) is 0.663. The fourth-order valence-corrected chi connectivity index (χ4v) is 4.96. The third kappa shape index (κ3) is 4.76. The van der Waals surface area contributed by atoms with E-state index in [1.165, 1.54) is 11.3 Å². The number of aromatic nitrogens is 2. The van der Waals surface area contributed by atoms with Crippen molar-refractivity contribution in [3.63, 3.8) is 0 Å². The van der Waals surface area contributed by atoms with Crippen LogP contribution in [0, 0.1) is 0 Å². The van der Waals surface area contributed by atoms with Crippen LogP contribution in [-0.4, -0.2) is 71.0 Å². The molecule has 1 aliphatic heterocycles. The number of fused-ring (bicyclic) bond motifs is 1. The Morgan fingerprint density at radius 3 is 2.50 bits per heavy atom. The third-order valence-corrected chi connectivity index (χ3v) is 7.33. The lowest BCUT2D eigenvalue weighted by Gasteiger charge is -2.40. The van der Waals surface area contributed by atoms with Gasteiger partial charge in [-0.25, -0.2) is 9.97 Å². The summed E-state index contributed by atoms with van der Waals surface area (Å²) in [6.45, 7) is 9.58. The van der Waals surface area contributed by atoms with Gasteiger partial charge in [0.25, 0.3) is 0 Å². The maximum absolute atomic E-state index is 13.6. The van der Waals surface area contributed by atoms with E-state index in [0.717, 1.165) is 55.4 Å². The van der Waals surface area contributed by atoms with Crippen LogP contribution in [0.1, 0.15) is 49.9 Å². The van der Waals surface area contributed by atoms with Gasteiger partial charge in [0.2, 0.25) is 5.91 Å². The molecule has 0 saturated carbocycles. The second-order valence-corrected chi connectivity index (χ2v) is 9.85. The predicted octanol–water partition coefficient (Wildman–Crippen LogP) is 3.78. The highest BCUT2D eigenvalue weighted by molar-refractivity contribution is 6.30. The van der Waals surface area contributed by atoms with Crippen LogP contribution in [-0.2, 0) is 17.6 Å². The molecule has 1 fully saturated rings. The predicted molar refractivity (Wildman–Crippen MR) is 129 cm³/mol. The highest BCUT2D eigenvalue weighted by Gasteiger charge is 2.33. The van der Waals surface area contributed by atoms with E-state index in [4.69, 9.17) is 11.6 Å². The molecule has 7 heteroatoms. The van der Waals surface area contributed by atoms with Crippen molar-refractivity contribution < 1.29 is 4.79 Å². The molecule has 2 aliphatic rings. The highest BCUT2D eigenvalue weighted by atomic mass is 35.5. The number of anilines is 1. The van der Waals surface area contributed by atoms with Gasteiger partial charge in [0.15, 0.2) is 0 Å². The number of carbonyl (C=O) groups excluding carboxylic acids is 1. The molecule has 1 aromatic carbocycles. The molecule has 1 aliphatic carbocycles. The normalized spacial score (nSPS) is 19.5. The number of aryl methyl sites for hydroxylation is 1. The molecule has 4 rings (SSSR count). The Kier molecular flexibility index (Phi) is 7.01. The molecular formula is C25H34ClN5O. The molecule has 0 unspecified atom stereocenters. The van der Waals surface area contributed by atoms with Gasteiger partial charge < -0.3 is 9.80 Å². The Bertz CT molecular complexity index is 940. The third-order valence-electron chi connectivity index (χ3n) is 7.08. The molecule has 0 radical (unpaired) electrons. The lowest BCUT2D eigenvalue weighted by molar-refractivity contribution is -0.137. The maximum Gasteiger partial charge on any atom is 0.240 e. The summed E-state index contributed by atoms with van der Waals surface area (Å²) in [4.78, 5) is 29.3. The molecule has 2 atom stereocenters. The van der Waals surface area contributed by atoms with Crippen molar-refractivity contribution in [2.45, 2.75) is 58.0 Å². The smallest absolute Gasteiger partial charge is 0.240 e. The first-order valence-electron chi connectivity index (χ1n) is 11.7. The minimum atomic E-state index is -0.189. The van der Waals surface area contributed by atoms with Crippen LogP contribution in [0.5, 0.6) is 0 Å². The standard InChI is InChI=1S/C25H34ClN5O/c1-17(2)29(4)22(15-19-6-8-20(26)9-7-19)25(32)31-13-11-30(12-14-31)24-23-18(3)5-10-21(23)27-16-28-24/h6-9,16-18,22H,5,10-15H2,1-4H3/t18-,22-/m1/s1. The monoisotopic (exact) mass is 455 g/mol. The Morgan fingerprint density at radius 2 is 1.84 bits per heavy atom. The summed E-state index contributed by atoms with van der Waals surface area (Å²) in [6.07, 6.45) is 4.57. The lowest BCUT2D eigenvalue weighted by Crippen LogP contribution is -2.56. The Balaban J connectivity index is 1.46. The topological polar surface area (TPSA) is 52.6 Å². The van der Waals surface area contributed by atoms with Crippen LogP contribution in [0.3, 0.4) is 0 Å². The van der Waals surface area contributed by atoms with E-state index in [9.17, 15) is 4.79 Å². The molecule has 32 heavy (non-hydrogen) atoms. The zero-order valence-electron chi connectivity index (χ0n) is 19.6. The summed E-state index contributed by atoms with van der Waals surface area (Å²) in [7, 11) is 2.05. The van der Waals surface area contributed by atoms with Gasteiger partial charge in [-0.05, 0) is 63.8 Å². The number of likely N-dealkylation sites (N-methyl/N-ethyl adjacent to an activating group) is 1. The molecule has 2 aromatic rings. The Morgan fingerprint density at radius 1 is 1.16 bits per heavy atom. The zero-order chi connectivity index (χ0) is 22.8. The molecule has 0 N–H and O–H groups in total. The van der Waals surface area contributed by atoms with E-state index >= 15 is 0 Å². The summed E-state index contributed by atoms with van der Waals surface area (Å²) >= 11 is 6.05.